The number of benzene rings is 1. The van der Waals surface area contributed by atoms with Gasteiger partial charge < -0.3 is 9.72 Å². The van der Waals surface area contributed by atoms with E-state index in [0.29, 0.717) is 11.4 Å². The first-order chi connectivity index (χ1) is 9.12. The highest BCUT2D eigenvalue weighted by Gasteiger charge is 2.12. The maximum Gasteiger partial charge on any atom is 0.276 e. The Labute approximate surface area is 111 Å². The molecule has 0 aliphatic heterocycles. The van der Waals surface area contributed by atoms with Crippen LogP contribution in [0.1, 0.15) is 5.69 Å². The van der Waals surface area contributed by atoms with Gasteiger partial charge in [0.05, 0.1) is 23.9 Å². The lowest BCUT2D eigenvalue weighted by Gasteiger charge is -2.04. The molecule has 0 atom stereocenters. The van der Waals surface area contributed by atoms with E-state index < -0.39 is 10.0 Å². The highest BCUT2D eigenvalue weighted by Crippen LogP contribution is 2.15. The summed E-state index contributed by atoms with van der Waals surface area (Å²) in [5.74, 6) is 0.592. The van der Waals surface area contributed by atoms with Gasteiger partial charge in [0.25, 0.3) is 10.0 Å². The van der Waals surface area contributed by atoms with E-state index in [9.17, 15) is 8.42 Å². The molecule has 0 aliphatic carbocycles. The lowest BCUT2D eigenvalue weighted by Crippen LogP contribution is -2.18. The number of ether oxygens (including phenoxy) is 1. The molecular weight excluding hydrogens is 266 g/mol. The minimum atomic E-state index is -3.66. The van der Waals surface area contributed by atoms with Gasteiger partial charge in [-0.1, -0.05) is 0 Å². The smallest absolute Gasteiger partial charge is 0.276 e. The average Bonchev–Trinajstić information content (AvgIpc) is 2.92. The predicted molar refractivity (Wildman–Crippen MR) is 71.7 cm³/mol. The second kappa shape index (κ2) is 5.57. The molecule has 7 heteroatoms. The maximum atomic E-state index is 11.9. The van der Waals surface area contributed by atoms with Crippen molar-refractivity contribution in [3.05, 3.63) is 48.3 Å². The second-order valence-corrected chi connectivity index (χ2v) is 5.31. The molecule has 0 bridgehead atoms. The molecule has 0 fully saturated rings. The van der Waals surface area contributed by atoms with Gasteiger partial charge in [0.2, 0.25) is 0 Å². The molecule has 0 saturated heterocycles. The third-order valence-corrected chi connectivity index (χ3v) is 3.61. The van der Waals surface area contributed by atoms with Gasteiger partial charge in [-0.15, -0.1) is 0 Å². The first-order valence-corrected chi connectivity index (χ1v) is 6.92. The van der Waals surface area contributed by atoms with Gasteiger partial charge in [-0.25, -0.2) is 4.83 Å². The van der Waals surface area contributed by atoms with Crippen LogP contribution in [0.25, 0.3) is 0 Å². The molecule has 0 aliphatic rings. The lowest BCUT2D eigenvalue weighted by atomic mass is 10.3. The van der Waals surface area contributed by atoms with Crippen LogP contribution in [0.2, 0.25) is 0 Å². The molecule has 1 heterocycles. The summed E-state index contributed by atoms with van der Waals surface area (Å²) in [5, 5.41) is 3.68. The molecule has 1 aromatic carbocycles. The normalized spacial score (nSPS) is 11.6. The second-order valence-electron chi connectivity index (χ2n) is 3.65. The zero-order valence-corrected chi connectivity index (χ0v) is 11.0. The van der Waals surface area contributed by atoms with Crippen molar-refractivity contribution in [1.82, 2.24) is 9.82 Å². The SMILES string of the molecule is COc1ccc(S(=O)(=O)N/N=C/c2ccc[nH]2)cc1. The van der Waals surface area contributed by atoms with Crippen molar-refractivity contribution >= 4 is 16.2 Å². The zero-order valence-electron chi connectivity index (χ0n) is 10.2. The summed E-state index contributed by atoms with van der Waals surface area (Å²) in [5.41, 5.74) is 0.706. The number of H-pyrrole nitrogens is 1. The quantitative estimate of drug-likeness (QED) is 0.640. The van der Waals surface area contributed by atoms with Gasteiger partial charge in [-0.05, 0) is 36.4 Å². The van der Waals surface area contributed by atoms with E-state index in [4.69, 9.17) is 4.74 Å². The number of aromatic amines is 1. The molecule has 6 nitrogen and oxygen atoms in total. The fourth-order valence-corrected chi connectivity index (χ4v) is 2.19. The van der Waals surface area contributed by atoms with Crippen LogP contribution in [0.3, 0.4) is 0 Å². The third-order valence-electron chi connectivity index (χ3n) is 2.37. The van der Waals surface area contributed by atoms with E-state index in [1.54, 1.807) is 30.5 Å². The standard InChI is InChI=1S/C12H13N3O3S/c1-18-11-4-6-12(7-5-11)19(16,17)15-14-9-10-3-2-8-13-10/h2-9,13,15H,1H3/b14-9+. The maximum absolute atomic E-state index is 11.9. The van der Waals surface area contributed by atoms with Crippen LogP contribution < -0.4 is 9.57 Å². The highest BCUT2D eigenvalue weighted by molar-refractivity contribution is 7.89. The fraction of sp³-hybridized carbons (Fsp3) is 0.0833. The molecule has 2 N–H and O–H groups in total. The summed E-state index contributed by atoms with van der Waals surface area (Å²) in [6.45, 7) is 0. The third kappa shape index (κ3) is 3.35. The molecule has 0 unspecified atom stereocenters. The van der Waals surface area contributed by atoms with Crippen LogP contribution in [0.5, 0.6) is 5.75 Å². The Kier molecular flexibility index (Phi) is 3.86. The van der Waals surface area contributed by atoms with Gasteiger partial charge >= 0.3 is 0 Å². The molecule has 19 heavy (non-hydrogen) atoms. The minimum absolute atomic E-state index is 0.122. The molecule has 0 amide bonds. The number of sulfonamides is 1. The van der Waals surface area contributed by atoms with Gasteiger partial charge in [-0.3, -0.25) is 0 Å². The first-order valence-electron chi connectivity index (χ1n) is 5.44. The number of hydrogen-bond acceptors (Lipinski definition) is 4. The average molecular weight is 279 g/mol. The summed E-state index contributed by atoms with van der Waals surface area (Å²) in [6.07, 6.45) is 3.11. The molecule has 0 radical (unpaired) electrons. The number of hydrogen-bond donors (Lipinski definition) is 2. The lowest BCUT2D eigenvalue weighted by molar-refractivity contribution is 0.414. The first kappa shape index (κ1) is 13.2. The number of nitrogens with one attached hydrogen (secondary N) is 2. The van der Waals surface area contributed by atoms with Crippen molar-refractivity contribution in [2.24, 2.45) is 5.10 Å². The van der Waals surface area contributed by atoms with Crippen molar-refractivity contribution < 1.29 is 13.2 Å². The molecule has 0 spiro atoms. The Bertz CT molecular complexity index is 646. The number of rotatable bonds is 5. The largest absolute Gasteiger partial charge is 0.497 e. The molecule has 1 aromatic heterocycles. The Hall–Kier alpha value is -2.28. The van der Waals surface area contributed by atoms with Crippen LogP contribution >= 0.6 is 0 Å². The molecular formula is C12H13N3O3S. The number of hydrazone groups is 1. The number of methoxy groups -OCH3 is 1. The van der Waals surface area contributed by atoms with E-state index in [-0.39, 0.29) is 4.90 Å². The van der Waals surface area contributed by atoms with Crippen molar-refractivity contribution in [2.75, 3.05) is 7.11 Å². The van der Waals surface area contributed by atoms with Gasteiger partial charge in [-0.2, -0.15) is 13.5 Å². The van der Waals surface area contributed by atoms with E-state index in [2.05, 4.69) is 14.9 Å². The van der Waals surface area contributed by atoms with E-state index in [0.717, 1.165) is 0 Å². The molecule has 100 valence electrons. The van der Waals surface area contributed by atoms with Gasteiger partial charge in [0.1, 0.15) is 5.75 Å². The van der Waals surface area contributed by atoms with E-state index in [1.807, 2.05) is 0 Å². The topological polar surface area (TPSA) is 83.6 Å². The molecule has 0 saturated carbocycles. The van der Waals surface area contributed by atoms with Gasteiger partial charge in [0, 0.05) is 6.20 Å². The van der Waals surface area contributed by atoms with E-state index in [1.165, 1.54) is 25.5 Å². The monoisotopic (exact) mass is 279 g/mol. The highest BCUT2D eigenvalue weighted by atomic mass is 32.2. The summed E-state index contributed by atoms with van der Waals surface area (Å²) in [4.78, 5) is 5.13. The van der Waals surface area contributed by atoms with Crippen molar-refractivity contribution in [1.29, 1.82) is 0 Å². The molecule has 2 aromatic rings. The van der Waals surface area contributed by atoms with Crippen molar-refractivity contribution in [3.8, 4) is 5.75 Å². The van der Waals surface area contributed by atoms with E-state index >= 15 is 0 Å². The summed E-state index contributed by atoms with van der Waals surface area (Å²) in [6, 6.07) is 9.60. The molecule has 2 rings (SSSR count). The minimum Gasteiger partial charge on any atom is -0.497 e. The van der Waals surface area contributed by atoms with Crippen molar-refractivity contribution in [3.63, 3.8) is 0 Å². The number of nitrogens with zero attached hydrogens (tertiary/aromatic N) is 1. The Morgan fingerprint density at radius 2 is 2.00 bits per heavy atom. The van der Waals surface area contributed by atoms with Gasteiger partial charge in [0.15, 0.2) is 0 Å². The van der Waals surface area contributed by atoms with Crippen LogP contribution in [-0.4, -0.2) is 26.7 Å². The zero-order chi connectivity index (χ0) is 13.7. The van der Waals surface area contributed by atoms with Crippen LogP contribution in [0.15, 0.2) is 52.6 Å². The summed E-state index contributed by atoms with van der Waals surface area (Å²) in [7, 11) is -2.14. The fourth-order valence-electron chi connectivity index (χ4n) is 1.40. The van der Waals surface area contributed by atoms with Crippen LogP contribution in [0, 0.1) is 0 Å². The Morgan fingerprint density at radius 1 is 1.26 bits per heavy atom. The number of aromatic nitrogens is 1. The predicted octanol–water partition coefficient (Wildman–Crippen LogP) is 1.34. The summed E-state index contributed by atoms with van der Waals surface area (Å²) < 4.78 is 28.7. The van der Waals surface area contributed by atoms with Crippen molar-refractivity contribution in [2.45, 2.75) is 4.90 Å². The summed E-state index contributed by atoms with van der Waals surface area (Å²) >= 11 is 0. The Balaban J connectivity index is 2.09. The van der Waals surface area contributed by atoms with Crippen LogP contribution in [-0.2, 0) is 10.0 Å². The Morgan fingerprint density at radius 3 is 2.58 bits per heavy atom. The van der Waals surface area contributed by atoms with Crippen LogP contribution in [0.4, 0.5) is 0 Å².